The number of rotatable bonds is 4. The fourth-order valence-corrected chi connectivity index (χ4v) is 1.56. The van der Waals surface area contributed by atoms with E-state index in [9.17, 15) is 4.79 Å². The van der Waals surface area contributed by atoms with E-state index in [2.05, 4.69) is 0 Å². The van der Waals surface area contributed by atoms with Gasteiger partial charge in [0.05, 0.1) is 13.2 Å². The molecule has 1 N–H and O–H groups in total. The number of aliphatic carboxylic acids is 1. The highest BCUT2D eigenvalue weighted by molar-refractivity contribution is 5.68. The summed E-state index contributed by atoms with van der Waals surface area (Å²) in [4.78, 5) is 10.3. The number of carbonyl (C=O) groups is 1. The van der Waals surface area contributed by atoms with Crippen LogP contribution in [0.3, 0.4) is 0 Å². The number of hydrogen-bond acceptors (Lipinski definition) is 3. The molecule has 0 amide bonds. The van der Waals surface area contributed by atoms with Crippen molar-refractivity contribution in [2.24, 2.45) is 5.92 Å². The summed E-state index contributed by atoms with van der Waals surface area (Å²) in [6.07, 6.45) is 2.31. The van der Waals surface area contributed by atoms with E-state index < -0.39 is 5.97 Å². The van der Waals surface area contributed by atoms with Gasteiger partial charge < -0.3 is 14.6 Å². The summed E-state index contributed by atoms with van der Waals surface area (Å²) in [5, 5.41) is 8.43. The monoisotopic (exact) mass is 172 g/mol. The third-order valence-electron chi connectivity index (χ3n) is 2.50. The van der Waals surface area contributed by atoms with Crippen LogP contribution in [-0.4, -0.2) is 36.5 Å². The predicted molar refractivity (Wildman–Crippen MR) is 39.9 cm³/mol. The van der Waals surface area contributed by atoms with Crippen molar-refractivity contribution >= 4 is 5.97 Å². The quantitative estimate of drug-likeness (QED) is 0.661. The van der Waals surface area contributed by atoms with Crippen molar-refractivity contribution in [2.45, 2.75) is 18.4 Å². The molecule has 0 radical (unpaired) electrons. The number of carboxylic acids is 1. The second kappa shape index (κ2) is 2.71. The molecule has 0 spiro atoms. The van der Waals surface area contributed by atoms with Crippen LogP contribution in [0.15, 0.2) is 0 Å². The van der Waals surface area contributed by atoms with E-state index in [0.717, 1.165) is 12.8 Å². The first-order valence-corrected chi connectivity index (χ1v) is 4.16. The van der Waals surface area contributed by atoms with Gasteiger partial charge in [-0.25, -0.2) is 4.79 Å². The fraction of sp³-hybridized carbons (Fsp3) is 0.875. The van der Waals surface area contributed by atoms with Crippen molar-refractivity contribution in [3.63, 3.8) is 0 Å². The van der Waals surface area contributed by atoms with E-state index in [1.165, 1.54) is 0 Å². The van der Waals surface area contributed by atoms with Crippen molar-refractivity contribution in [1.29, 1.82) is 0 Å². The van der Waals surface area contributed by atoms with Crippen LogP contribution >= 0.6 is 0 Å². The molecule has 0 aromatic carbocycles. The number of carboxylic acid groups (broad SMARTS) is 1. The highest BCUT2D eigenvalue weighted by Gasteiger charge is 2.52. The smallest absolute Gasteiger partial charge is 0.329 e. The van der Waals surface area contributed by atoms with Crippen molar-refractivity contribution in [3.8, 4) is 0 Å². The SMILES string of the molecule is O=C(O)COC1(C2CC2)COC1. The molecule has 0 aromatic heterocycles. The number of ether oxygens (including phenoxy) is 2. The first-order valence-electron chi connectivity index (χ1n) is 4.16. The Balaban J connectivity index is 1.85. The van der Waals surface area contributed by atoms with Gasteiger partial charge in [-0.2, -0.15) is 0 Å². The predicted octanol–water partition coefficient (Wildman–Crippen LogP) is 0.267. The Kier molecular flexibility index (Phi) is 1.81. The van der Waals surface area contributed by atoms with E-state index in [0.29, 0.717) is 19.1 Å². The molecule has 1 saturated carbocycles. The van der Waals surface area contributed by atoms with Gasteiger partial charge in [0.15, 0.2) is 0 Å². The van der Waals surface area contributed by atoms with Crippen molar-refractivity contribution in [1.82, 2.24) is 0 Å². The Morgan fingerprint density at radius 3 is 2.58 bits per heavy atom. The molecule has 2 aliphatic rings. The topological polar surface area (TPSA) is 55.8 Å². The third-order valence-corrected chi connectivity index (χ3v) is 2.50. The van der Waals surface area contributed by atoms with Crippen LogP contribution in [0.4, 0.5) is 0 Å². The minimum atomic E-state index is -0.901. The summed E-state index contributed by atoms with van der Waals surface area (Å²) in [6.45, 7) is 0.954. The fourth-order valence-electron chi connectivity index (χ4n) is 1.56. The molecule has 4 nitrogen and oxygen atoms in total. The van der Waals surface area contributed by atoms with Crippen LogP contribution in [0.1, 0.15) is 12.8 Å². The van der Waals surface area contributed by atoms with Crippen LogP contribution in [-0.2, 0) is 14.3 Å². The lowest BCUT2D eigenvalue weighted by Gasteiger charge is -2.41. The van der Waals surface area contributed by atoms with Crippen molar-refractivity contribution in [3.05, 3.63) is 0 Å². The molecular weight excluding hydrogens is 160 g/mol. The van der Waals surface area contributed by atoms with Crippen LogP contribution < -0.4 is 0 Å². The van der Waals surface area contributed by atoms with Crippen LogP contribution in [0, 0.1) is 5.92 Å². The lowest BCUT2D eigenvalue weighted by atomic mass is 9.96. The second-order valence-electron chi connectivity index (χ2n) is 3.51. The summed E-state index contributed by atoms with van der Waals surface area (Å²) in [5.41, 5.74) is -0.238. The maximum atomic E-state index is 10.3. The third kappa shape index (κ3) is 1.32. The first kappa shape index (κ1) is 8.01. The number of hydrogen-bond donors (Lipinski definition) is 1. The zero-order valence-corrected chi connectivity index (χ0v) is 6.78. The molecule has 0 unspecified atom stereocenters. The van der Waals surface area contributed by atoms with Gasteiger partial charge >= 0.3 is 5.97 Å². The zero-order valence-electron chi connectivity index (χ0n) is 6.78. The molecular formula is C8H12O4. The van der Waals surface area contributed by atoms with E-state index >= 15 is 0 Å². The molecule has 0 bridgehead atoms. The lowest BCUT2D eigenvalue weighted by molar-refractivity contribution is -0.223. The second-order valence-corrected chi connectivity index (χ2v) is 3.51. The highest BCUT2D eigenvalue weighted by Crippen LogP contribution is 2.45. The molecule has 1 aliphatic carbocycles. The van der Waals surface area contributed by atoms with Crippen molar-refractivity contribution in [2.75, 3.05) is 19.8 Å². The van der Waals surface area contributed by atoms with Crippen LogP contribution in [0.25, 0.3) is 0 Å². The van der Waals surface area contributed by atoms with Crippen molar-refractivity contribution < 1.29 is 19.4 Å². The van der Waals surface area contributed by atoms with Crippen LogP contribution in [0.2, 0.25) is 0 Å². The van der Waals surface area contributed by atoms with Gasteiger partial charge in [-0.3, -0.25) is 0 Å². The Morgan fingerprint density at radius 1 is 1.58 bits per heavy atom. The van der Waals surface area contributed by atoms with Gasteiger partial charge in [0.1, 0.15) is 12.2 Å². The summed E-state index contributed by atoms with van der Waals surface area (Å²) in [6, 6.07) is 0. The maximum absolute atomic E-state index is 10.3. The zero-order chi connectivity index (χ0) is 8.60. The Morgan fingerprint density at radius 2 is 2.25 bits per heavy atom. The van der Waals surface area contributed by atoms with Gasteiger partial charge in [-0.15, -0.1) is 0 Å². The van der Waals surface area contributed by atoms with E-state index in [1.807, 2.05) is 0 Å². The first-order chi connectivity index (χ1) is 5.73. The molecule has 1 heterocycles. The van der Waals surface area contributed by atoms with Gasteiger partial charge in [0.2, 0.25) is 0 Å². The van der Waals surface area contributed by atoms with Gasteiger partial charge in [0.25, 0.3) is 0 Å². The summed E-state index contributed by atoms with van der Waals surface area (Å²) < 4.78 is 10.4. The summed E-state index contributed by atoms with van der Waals surface area (Å²) in [5.74, 6) is -0.354. The minimum absolute atomic E-state index is 0.195. The molecule has 4 heteroatoms. The Labute approximate surface area is 70.5 Å². The maximum Gasteiger partial charge on any atom is 0.329 e. The average molecular weight is 172 g/mol. The standard InChI is InChI=1S/C8H12O4/c9-7(10)3-12-8(4-11-5-8)6-1-2-6/h6H,1-5H2,(H,9,10). The molecule has 2 fully saturated rings. The molecule has 0 aromatic rings. The molecule has 0 atom stereocenters. The van der Waals surface area contributed by atoms with Crippen LogP contribution in [0.5, 0.6) is 0 Å². The highest BCUT2D eigenvalue weighted by atomic mass is 16.6. The normalized spacial score (nSPS) is 26.3. The van der Waals surface area contributed by atoms with E-state index in [4.69, 9.17) is 14.6 Å². The average Bonchev–Trinajstić information content (AvgIpc) is 2.67. The summed E-state index contributed by atoms with van der Waals surface area (Å²) in [7, 11) is 0. The molecule has 2 rings (SSSR count). The molecule has 12 heavy (non-hydrogen) atoms. The van der Waals surface area contributed by atoms with Gasteiger partial charge in [-0.1, -0.05) is 0 Å². The minimum Gasteiger partial charge on any atom is -0.480 e. The molecule has 1 aliphatic heterocycles. The van der Waals surface area contributed by atoms with Gasteiger partial charge in [-0.05, 0) is 18.8 Å². The summed E-state index contributed by atoms with van der Waals surface area (Å²) >= 11 is 0. The lowest BCUT2D eigenvalue weighted by Crippen LogP contribution is -2.54. The molecule has 1 saturated heterocycles. The molecule has 68 valence electrons. The van der Waals surface area contributed by atoms with Gasteiger partial charge in [0, 0.05) is 0 Å². The Bertz CT molecular complexity index is 193. The van der Waals surface area contributed by atoms with E-state index in [-0.39, 0.29) is 12.2 Å². The van der Waals surface area contributed by atoms with E-state index in [1.54, 1.807) is 0 Å². The largest absolute Gasteiger partial charge is 0.480 e. The Hall–Kier alpha value is -0.610.